The van der Waals surface area contributed by atoms with Crippen LogP contribution in [0.25, 0.3) is 11.1 Å². The van der Waals surface area contributed by atoms with E-state index in [4.69, 9.17) is 9.47 Å². The summed E-state index contributed by atoms with van der Waals surface area (Å²) in [6.07, 6.45) is 8.41. The molecular weight excluding hydrogens is 474 g/mol. The third kappa shape index (κ3) is 6.52. The Balaban J connectivity index is 1.62. The lowest BCUT2D eigenvalue weighted by Crippen LogP contribution is -2.41. The molecule has 4 rings (SSSR count). The maximum Gasteiger partial charge on any atom is 0.410 e. The number of hydrogen-bond donors (Lipinski definition) is 0. The standard InChI is InChI=1S/C33H37NO4/c1-3-4-5-6-13-22-33(29-20-18-28(19-21-29)27-16-11-8-12-17-27)23-30(31(35)37-2)34(25-33)32(36)38-24-26-14-9-7-10-15-26/h6-21,30H,3-5,22-25H2,1-2H3/b13-6-/t30?,33-/m1/s1. The number of nitrogens with zero attached hydrogens (tertiary/aromatic N) is 1. The van der Waals surface area contributed by atoms with Crippen molar-refractivity contribution in [2.24, 2.45) is 0 Å². The first-order valence-electron chi connectivity index (χ1n) is 13.4. The van der Waals surface area contributed by atoms with Crippen molar-refractivity contribution in [1.82, 2.24) is 4.90 Å². The average Bonchev–Trinajstić information content (AvgIpc) is 3.37. The molecule has 2 atom stereocenters. The zero-order valence-corrected chi connectivity index (χ0v) is 22.3. The SMILES string of the molecule is CCCC/C=C\C[C@@]1(c2ccc(-c3ccccc3)cc2)CC(C(=O)OC)N(C(=O)OCc2ccccc2)C1. The Morgan fingerprint density at radius 2 is 1.58 bits per heavy atom. The van der Waals surface area contributed by atoms with Gasteiger partial charge in [-0.15, -0.1) is 0 Å². The summed E-state index contributed by atoms with van der Waals surface area (Å²) in [6.45, 7) is 2.71. The lowest BCUT2D eigenvalue weighted by atomic mass is 9.75. The Kier molecular flexibility index (Phi) is 9.36. The molecule has 0 radical (unpaired) electrons. The molecule has 1 unspecified atom stereocenters. The molecule has 0 aromatic heterocycles. The molecule has 1 fully saturated rings. The second-order valence-electron chi connectivity index (χ2n) is 9.95. The Hall–Kier alpha value is -3.86. The fraction of sp³-hybridized carbons (Fsp3) is 0.333. The molecule has 198 valence electrons. The average molecular weight is 512 g/mol. The van der Waals surface area contributed by atoms with Crippen molar-refractivity contribution >= 4 is 12.1 Å². The Morgan fingerprint density at radius 3 is 2.24 bits per heavy atom. The number of hydrogen-bond acceptors (Lipinski definition) is 4. The van der Waals surface area contributed by atoms with E-state index in [9.17, 15) is 9.59 Å². The highest BCUT2D eigenvalue weighted by Gasteiger charge is 2.50. The van der Waals surface area contributed by atoms with Gasteiger partial charge in [-0.05, 0) is 41.5 Å². The molecule has 1 amide bonds. The van der Waals surface area contributed by atoms with Gasteiger partial charge in [-0.1, -0.05) is 117 Å². The number of carbonyl (C=O) groups is 2. The number of likely N-dealkylation sites (tertiary alicyclic amines) is 1. The molecule has 0 aliphatic carbocycles. The number of unbranched alkanes of at least 4 members (excludes halogenated alkanes) is 2. The summed E-state index contributed by atoms with van der Waals surface area (Å²) in [5.74, 6) is -0.417. The van der Waals surface area contributed by atoms with E-state index in [0.29, 0.717) is 13.0 Å². The number of carbonyl (C=O) groups excluding carboxylic acids is 2. The molecule has 3 aromatic rings. The summed E-state index contributed by atoms with van der Waals surface area (Å²) in [4.78, 5) is 27.7. The molecule has 38 heavy (non-hydrogen) atoms. The molecule has 1 aliphatic heterocycles. The van der Waals surface area contributed by atoms with Gasteiger partial charge in [-0.3, -0.25) is 4.90 Å². The van der Waals surface area contributed by atoms with Gasteiger partial charge < -0.3 is 9.47 Å². The minimum atomic E-state index is -0.707. The van der Waals surface area contributed by atoms with E-state index in [1.807, 2.05) is 48.5 Å². The predicted molar refractivity (Wildman–Crippen MR) is 151 cm³/mol. The zero-order valence-electron chi connectivity index (χ0n) is 22.3. The number of benzene rings is 3. The monoisotopic (exact) mass is 511 g/mol. The van der Waals surface area contributed by atoms with Gasteiger partial charge in [0.25, 0.3) is 0 Å². The van der Waals surface area contributed by atoms with E-state index in [2.05, 4.69) is 55.5 Å². The van der Waals surface area contributed by atoms with E-state index < -0.39 is 23.5 Å². The second kappa shape index (κ2) is 13.1. The van der Waals surface area contributed by atoms with E-state index >= 15 is 0 Å². The van der Waals surface area contributed by atoms with E-state index in [0.717, 1.165) is 47.9 Å². The molecule has 5 nitrogen and oxygen atoms in total. The highest BCUT2D eigenvalue weighted by Crippen LogP contribution is 2.43. The Labute approximate surface area is 226 Å². The van der Waals surface area contributed by atoms with Crippen molar-refractivity contribution < 1.29 is 19.1 Å². The minimum absolute atomic E-state index is 0.153. The van der Waals surface area contributed by atoms with Crippen molar-refractivity contribution in [2.75, 3.05) is 13.7 Å². The van der Waals surface area contributed by atoms with Gasteiger partial charge in [-0.25, -0.2) is 9.59 Å². The smallest absolute Gasteiger partial charge is 0.410 e. The van der Waals surface area contributed by atoms with Crippen LogP contribution in [0.15, 0.2) is 97.1 Å². The van der Waals surface area contributed by atoms with Crippen LogP contribution in [0.1, 0.15) is 50.2 Å². The molecule has 0 saturated carbocycles. The van der Waals surface area contributed by atoms with E-state index in [1.165, 1.54) is 7.11 Å². The third-order valence-corrected chi connectivity index (χ3v) is 7.35. The highest BCUT2D eigenvalue weighted by atomic mass is 16.6. The lowest BCUT2D eigenvalue weighted by Gasteiger charge is -2.29. The molecular formula is C33H37NO4. The number of rotatable bonds is 10. The topological polar surface area (TPSA) is 55.8 Å². The molecule has 1 saturated heterocycles. The summed E-state index contributed by atoms with van der Waals surface area (Å²) < 4.78 is 10.8. The van der Waals surface area contributed by atoms with Gasteiger partial charge >= 0.3 is 12.1 Å². The van der Waals surface area contributed by atoms with Crippen LogP contribution < -0.4 is 0 Å². The van der Waals surface area contributed by atoms with Crippen LogP contribution >= 0.6 is 0 Å². The quantitative estimate of drug-likeness (QED) is 0.163. The zero-order chi connectivity index (χ0) is 26.8. The van der Waals surface area contributed by atoms with Crippen LogP contribution in [-0.2, 0) is 26.3 Å². The lowest BCUT2D eigenvalue weighted by molar-refractivity contribution is -0.145. The molecule has 3 aromatic carbocycles. The molecule has 5 heteroatoms. The number of ether oxygens (including phenoxy) is 2. The first-order chi connectivity index (χ1) is 18.6. The third-order valence-electron chi connectivity index (χ3n) is 7.35. The Bertz CT molecular complexity index is 1210. The first kappa shape index (κ1) is 27.2. The van der Waals surface area contributed by atoms with Gasteiger partial charge in [0, 0.05) is 12.0 Å². The fourth-order valence-electron chi connectivity index (χ4n) is 5.19. The normalized spacial score (nSPS) is 19.0. The van der Waals surface area contributed by atoms with Gasteiger partial charge in [0.2, 0.25) is 0 Å². The van der Waals surface area contributed by atoms with E-state index in [1.54, 1.807) is 4.90 Å². The van der Waals surface area contributed by atoms with Crippen LogP contribution in [0.2, 0.25) is 0 Å². The summed E-state index contributed by atoms with van der Waals surface area (Å²) >= 11 is 0. The maximum absolute atomic E-state index is 13.3. The van der Waals surface area contributed by atoms with Crippen LogP contribution in [0, 0.1) is 0 Å². The first-order valence-corrected chi connectivity index (χ1v) is 13.4. The van der Waals surface area contributed by atoms with Crippen LogP contribution in [0.3, 0.4) is 0 Å². The Morgan fingerprint density at radius 1 is 0.921 bits per heavy atom. The largest absolute Gasteiger partial charge is 0.467 e. The minimum Gasteiger partial charge on any atom is -0.467 e. The van der Waals surface area contributed by atoms with Gasteiger partial charge in [-0.2, -0.15) is 0 Å². The van der Waals surface area contributed by atoms with Gasteiger partial charge in [0.1, 0.15) is 12.6 Å². The van der Waals surface area contributed by atoms with Crippen LogP contribution in [0.5, 0.6) is 0 Å². The van der Waals surface area contributed by atoms with Crippen LogP contribution in [-0.4, -0.2) is 36.7 Å². The van der Waals surface area contributed by atoms with Crippen molar-refractivity contribution in [3.63, 3.8) is 0 Å². The number of methoxy groups -OCH3 is 1. The predicted octanol–water partition coefficient (Wildman–Crippen LogP) is 7.31. The van der Waals surface area contributed by atoms with Crippen molar-refractivity contribution in [3.05, 3.63) is 108 Å². The van der Waals surface area contributed by atoms with Crippen molar-refractivity contribution in [1.29, 1.82) is 0 Å². The number of amides is 1. The number of esters is 1. The maximum atomic E-state index is 13.3. The van der Waals surface area contributed by atoms with Crippen molar-refractivity contribution in [2.45, 2.75) is 57.1 Å². The second-order valence-corrected chi connectivity index (χ2v) is 9.95. The van der Waals surface area contributed by atoms with Gasteiger partial charge in [0.15, 0.2) is 0 Å². The molecule has 0 N–H and O–H groups in total. The fourth-order valence-corrected chi connectivity index (χ4v) is 5.19. The van der Waals surface area contributed by atoms with E-state index in [-0.39, 0.29) is 6.61 Å². The van der Waals surface area contributed by atoms with Crippen molar-refractivity contribution in [3.8, 4) is 11.1 Å². The van der Waals surface area contributed by atoms with Gasteiger partial charge in [0.05, 0.1) is 7.11 Å². The molecule has 0 spiro atoms. The summed E-state index contributed by atoms with van der Waals surface area (Å²) in [5.41, 5.74) is 3.85. The molecule has 1 aliphatic rings. The molecule has 0 bridgehead atoms. The highest BCUT2D eigenvalue weighted by molar-refractivity contribution is 5.83. The summed E-state index contributed by atoms with van der Waals surface area (Å²) in [6, 6.07) is 27.6. The molecule has 1 heterocycles. The number of allylic oxidation sites excluding steroid dienone is 2. The summed E-state index contributed by atoms with van der Waals surface area (Å²) in [7, 11) is 1.37. The van der Waals surface area contributed by atoms with Crippen LogP contribution in [0.4, 0.5) is 4.79 Å². The summed E-state index contributed by atoms with van der Waals surface area (Å²) in [5, 5.41) is 0.